The summed E-state index contributed by atoms with van der Waals surface area (Å²) in [5, 5.41) is 33.9. The van der Waals surface area contributed by atoms with Crippen LogP contribution in [-0.4, -0.2) is 171 Å². The number of fused-ring (bicyclic) bond motifs is 1. The Bertz CT molecular complexity index is 2070. The largest absolute Gasteiger partial charge is 0.478 e. The molecule has 4 aliphatic heterocycles. The van der Waals surface area contributed by atoms with E-state index in [1.165, 1.54) is 11.0 Å². The quantitative estimate of drug-likeness (QED) is 0.144. The Morgan fingerprint density at radius 1 is 0.788 bits per heavy atom. The standard InChI is InChI=1S/C35H45ClF3N7O4.2C4H4O4/c1-42-16-18-43(19-17-42)25-7-11-44(12-8-25)32(47)30(22-23-20-27(35(37,38)39)31(40)28(36)21-23)50-34(49)45-13-9-26(10-14-45)46-15-6-24-4-2-3-5-29(24)41-33(46)48;2*5-3(6)1-2-4(7)8/h2-5,20-21,25-26,30H,6-19,22,40H2,1H3,(H,41,48);2*1-2H,(H,5,6)(H,7,8)/b;2*2-1-/t30-;;/m1../s1. The number of anilines is 2. The molecule has 3 saturated heterocycles. The first kappa shape index (κ1) is 52.2. The molecule has 19 nitrogen and oxygen atoms in total. The summed E-state index contributed by atoms with van der Waals surface area (Å²) in [5.74, 6) is -5.48. The number of carbonyl (C=O) groups is 7. The average molecular weight is 952 g/mol. The summed E-state index contributed by atoms with van der Waals surface area (Å²) < 4.78 is 47.3. The van der Waals surface area contributed by atoms with Crippen LogP contribution in [0.5, 0.6) is 0 Å². The zero-order valence-corrected chi connectivity index (χ0v) is 36.7. The van der Waals surface area contributed by atoms with Crippen molar-refractivity contribution in [3.63, 3.8) is 0 Å². The highest BCUT2D eigenvalue weighted by Gasteiger charge is 2.38. The van der Waals surface area contributed by atoms with E-state index < -0.39 is 59.4 Å². The minimum atomic E-state index is -4.76. The second kappa shape index (κ2) is 24.2. The molecule has 2 aromatic carbocycles. The summed E-state index contributed by atoms with van der Waals surface area (Å²) in [6, 6.07) is 9.91. The van der Waals surface area contributed by atoms with Crippen molar-refractivity contribution in [2.45, 2.75) is 62.9 Å². The number of nitrogens with two attached hydrogens (primary N) is 1. The van der Waals surface area contributed by atoms with Crippen LogP contribution < -0.4 is 11.1 Å². The van der Waals surface area contributed by atoms with Gasteiger partial charge in [0.2, 0.25) is 0 Å². The minimum Gasteiger partial charge on any atom is -0.478 e. The Labute approximate surface area is 382 Å². The molecule has 0 radical (unpaired) electrons. The number of likely N-dealkylation sites (N-methyl/N-ethyl adjacent to an activating group) is 1. The van der Waals surface area contributed by atoms with E-state index in [-0.39, 0.29) is 29.1 Å². The number of urea groups is 1. The van der Waals surface area contributed by atoms with Crippen LogP contribution in [0, 0.1) is 0 Å². The highest BCUT2D eigenvalue weighted by Crippen LogP contribution is 2.38. The summed E-state index contributed by atoms with van der Waals surface area (Å²) in [7, 11) is 2.10. The number of rotatable bonds is 10. The van der Waals surface area contributed by atoms with E-state index in [9.17, 15) is 46.7 Å². The summed E-state index contributed by atoms with van der Waals surface area (Å²) in [4.78, 5) is 88.5. The molecule has 4 amide bonds. The number of nitrogens with zero attached hydrogens (tertiary/aromatic N) is 5. The van der Waals surface area contributed by atoms with Gasteiger partial charge in [-0.2, -0.15) is 13.2 Å². The number of hydrogen-bond acceptors (Lipinski definition) is 11. The second-order valence-corrected chi connectivity index (χ2v) is 16.2. The number of nitrogens with one attached hydrogen (secondary N) is 1. The van der Waals surface area contributed by atoms with Crippen LogP contribution in [-0.2, 0) is 47.7 Å². The number of nitrogen functional groups attached to an aromatic ring is 1. The number of piperidine rings is 2. The van der Waals surface area contributed by atoms with E-state index in [4.69, 9.17) is 42.5 Å². The molecule has 23 heteroatoms. The van der Waals surface area contributed by atoms with Crippen molar-refractivity contribution in [3.05, 3.63) is 82.4 Å². The fourth-order valence-corrected chi connectivity index (χ4v) is 8.08. The number of alkyl halides is 3. The number of aliphatic carboxylic acids is 4. The summed E-state index contributed by atoms with van der Waals surface area (Å²) in [6.07, 6.45) is -1.67. The van der Waals surface area contributed by atoms with Crippen LogP contribution in [0.3, 0.4) is 0 Å². The van der Waals surface area contributed by atoms with Gasteiger partial charge in [0, 0.05) is 107 Å². The molecular weight excluding hydrogens is 899 g/mol. The first-order valence-electron chi connectivity index (χ1n) is 20.9. The third-order valence-electron chi connectivity index (χ3n) is 11.3. The minimum absolute atomic E-state index is 0.0851. The fourth-order valence-electron chi connectivity index (χ4n) is 7.84. The van der Waals surface area contributed by atoms with Crippen LogP contribution in [0.25, 0.3) is 0 Å². The first-order chi connectivity index (χ1) is 31.1. The van der Waals surface area contributed by atoms with E-state index >= 15 is 0 Å². The lowest BCUT2D eigenvalue weighted by Crippen LogP contribution is -2.54. The van der Waals surface area contributed by atoms with Gasteiger partial charge in [0.05, 0.1) is 16.3 Å². The number of halogens is 4. The molecule has 7 N–H and O–H groups in total. The smallest absolute Gasteiger partial charge is 0.418 e. The number of ether oxygens (including phenoxy) is 1. The molecule has 1 atom stereocenters. The molecule has 0 unspecified atom stereocenters. The zero-order valence-electron chi connectivity index (χ0n) is 36.0. The summed E-state index contributed by atoms with van der Waals surface area (Å²) in [6.45, 7) is 5.93. The molecule has 0 bridgehead atoms. The monoisotopic (exact) mass is 951 g/mol. The van der Waals surface area contributed by atoms with Crippen molar-refractivity contribution in [1.82, 2.24) is 24.5 Å². The predicted molar refractivity (Wildman–Crippen MR) is 233 cm³/mol. The molecule has 0 aliphatic carbocycles. The van der Waals surface area contributed by atoms with Gasteiger partial charge in [0.15, 0.2) is 6.10 Å². The maximum atomic E-state index is 14.0. The Balaban J connectivity index is 0.000000508. The van der Waals surface area contributed by atoms with Crippen LogP contribution in [0.15, 0.2) is 60.7 Å². The average Bonchev–Trinajstić information content (AvgIpc) is 3.44. The fraction of sp³-hybridized carbons (Fsp3) is 0.465. The van der Waals surface area contributed by atoms with Crippen molar-refractivity contribution < 1.29 is 71.9 Å². The van der Waals surface area contributed by atoms with E-state index in [2.05, 4.69) is 22.2 Å². The number of para-hydroxylation sites is 1. The van der Waals surface area contributed by atoms with Gasteiger partial charge in [0.25, 0.3) is 5.91 Å². The van der Waals surface area contributed by atoms with Crippen molar-refractivity contribution in [3.8, 4) is 0 Å². The molecule has 0 spiro atoms. The van der Waals surface area contributed by atoms with Crippen molar-refractivity contribution in [1.29, 1.82) is 0 Å². The van der Waals surface area contributed by atoms with Gasteiger partial charge in [-0.25, -0.2) is 28.8 Å². The van der Waals surface area contributed by atoms with Crippen molar-refractivity contribution >= 4 is 64.9 Å². The molecule has 6 rings (SSSR count). The lowest BCUT2D eigenvalue weighted by molar-refractivity contribution is -0.142. The molecule has 0 saturated carbocycles. The number of carboxylic acid groups (broad SMARTS) is 4. The zero-order chi connectivity index (χ0) is 48.7. The van der Waals surface area contributed by atoms with E-state index in [1.807, 2.05) is 29.2 Å². The Hall–Kier alpha value is -6.39. The van der Waals surface area contributed by atoms with Crippen LogP contribution in [0.2, 0.25) is 5.02 Å². The first-order valence-corrected chi connectivity index (χ1v) is 21.3. The number of hydrogen-bond donors (Lipinski definition) is 6. The predicted octanol–water partition coefficient (Wildman–Crippen LogP) is 4.21. The molecule has 2 aromatic rings. The third-order valence-corrected chi connectivity index (χ3v) is 11.6. The van der Waals surface area contributed by atoms with Gasteiger partial charge >= 0.3 is 42.2 Å². The lowest BCUT2D eigenvalue weighted by atomic mass is 9.99. The third kappa shape index (κ3) is 15.9. The topological polar surface area (TPSA) is 264 Å². The van der Waals surface area contributed by atoms with E-state index in [0.29, 0.717) is 82.3 Å². The molecule has 4 heterocycles. The molecular formula is C43H53ClF3N7O12. The molecule has 3 fully saturated rings. The maximum absolute atomic E-state index is 14.0. The number of carboxylic acids is 4. The molecule has 360 valence electrons. The highest BCUT2D eigenvalue weighted by molar-refractivity contribution is 6.33. The molecule has 4 aliphatic rings. The number of carbonyl (C=O) groups excluding carboxylic acids is 3. The Morgan fingerprint density at radius 2 is 1.30 bits per heavy atom. The lowest BCUT2D eigenvalue weighted by Gasteiger charge is -2.42. The van der Waals surface area contributed by atoms with Crippen LogP contribution >= 0.6 is 11.6 Å². The van der Waals surface area contributed by atoms with E-state index in [0.717, 1.165) is 56.3 Å². The highest BCUT2D eigenvalue weighted by atomic mass is 35.5. The Kier molecular flexibility index (Phi) is 19.2. The SMILES string of the molecule is CN1CCN(C2CCN(C(=O)[C@@H](Cc3cc(Cl)c(N)c(C(F)(F)F)c3)OC(=O)N3CCC(N4CCc5ccccc5NC4=O)CC3)CC2)CC1.O=C(O)/C=C\C(=O)O.O=C(O)/C=C\C(=O)O. The van der Waals surface area contributed by atoms with Crippen LogP contribution in [0.4, 0.5) is 34.1 Å². The molecule has 66 heavy (non-hydrogen) atoms. The number of benzene rings is 2. The number of amides is 4. The normalized spacial score (nSPS) is 18.2. The van der Waals surface area contributed by atoms with Crippen LogP contribution in [0.1, 0.15) is 42.4 Å². The van der Waals surface area contributed by atoms with Gasteiger partial charge in [-0.05, 0) is 68.5 Å². The Morgan fingerprint density at radius 3 is 1.83 bits per heavy atom. The van der Waals surface area contributed by atoms with Gasteiger partial charge in [-0.1, -0.05) is 29.8 Å². The van der Waals surface area contributed by atoms with Crippen molar-refractivity contribution in [2.75, 3.05) is 77.0 Å². The number of likely N-dealkylation sites (tertiary alicyclic amines) is 2. The van der Waals surface area contributed by atoms with Gasteiger partial charge in [0.1, 0.15) is 0 Å². The summed E-state index contributed by atoms with van der Waals surface area (Å²) >= 11 is 6.11. The maximum Gasteiger partial charge on any atom is 0.418 e. The molecule has 0 aromatic heterocycles. The van der Waals surface area contributed by atoms with Gasteiger partial charge in [-0.3, -0.25) is 9.69 Å². The van der Waals surface area contributed by atoms with Gasteiger partial charge in [-0.15, -0.1) is 0 Å². The van der Waals surface area contributed by atoms with E-state index in [1.54, 1.807) is 4.90 Å². The van der Waals surface area contributed by atoms with Gasteiger partial charge < -0.3 is 55.8 Å². The summed E-state index contributed by atoms with van der Waals surface area (Å²) in [5.41, 5.74) is 5.90. The number of piperazine rings is 1. The second-order valence-electron chi connectivity index (χ2n) is 15.8. The van der Waals surface area contributed by atoms with Crippen molar-refractivity contribution in [2.24, 2.45) is 0 Å².